The molecule has 0 unspecified atom stereocenters. The fourth-order valence-corrected chi connectivity index (χ4v) is 2.72. The molecule has 2 N–H and O–H groups in total. The first-order valence-corrected chi connectivity index (χ1v) is 7.31. The van der Waals surface area contributed by atoms with E-state index >= 15 is 0 Å². The maximum Gasteiger partial charge on any atom is 0.243 e. The second-order valence-corrected chi connectivity index (χ2v) is 6.24. The second-order valence-electron chi connectivity index (χ2n) is 5.80. The molecule has 1 amide bonds. The molecule has 2 fully saturated rings. The Hall–Kier alpha value is -1.06. The molecule has 2 aliphatic carbocycles. The molecule has 4 heteroatoms. The average Bonchev–Trinajstić information content (AvgIpc) is 3.19. The lowest BCUT2D eigenvalue weighted by Gasteiger charge is -2.40. The zero-order chi connectivity index (χ0) is 13.5. The molecule has 19 heavy (non-hydrogen) atoms. The molecule has 0 radical (unpaired) electrons. The van der Waals surface area contributed by atoms with Crippen LogP contribution in [0.2, 0.25) is 5.02 Å². The van der Waals surface area contributed by atoms with Crippen molar-refractivity contribution < 1.29 is 4.79 Å². The Balaban J connectivity index is 1.74. The van der Waals surface area contributed by atoms with Crippen LogP contribution in [0.4, 0.5) is 0 Å². The first kappa shape index (κ1) is 12.9. The highest BCUT2D eigenvalue weighted by molar-refractivity contribution is 6.30. The molecule has 0 aromatic heterocycles. The quantitative estimate of drug-likeness (QED) is 0.920. The van der Waals surface area contributed by atoms with E-state index in [2.05, 4.69) is 0 Å². The van der Waals surface area contributed by atoms with Crippen LogP contribution in [0.15, 0.2) is 24.3 Å². The minimum Gasteiger partial charge on any atom is -0.334 e. The molecule has 0 heterocycles. The van der Waals surface area contributed by atoms with Gasteiger partial charge in [-0.25, -0.2) is 0 Å². The number of hydrogen-bond donors (Lipinski definition) is 1. The molecule has 1 aromatic rings. The number of hydrogen-bond acceptors (Lipinski definition) is 2. The van der Waals surface area contributed by atoms with Crippen molar-refractivity contribution in [3.63, 3.8) is 0 Å². The Morgan fingerprint density at radius 2 is 1.95 bits per heavy atom. The predicted molar refractivity (Wildman–Crippen MR) is 75.8 cm³/mol. The molecule has 0 bridgehead atoms. The Labute approximate surface area is 118 Å². The number of carbonyl (C=O) groups is 1. The topological polar surface area (TPSA) is 46.3 Å². The van der Waals surface area contributed by atoms with Gasteiger partial charge in [0.25, 0.3) is 0 Å². The van der Waals surface area contributed by atoms with Gasteiger partial charge in [0.1, 0.15) is 0 Å². The van der Waals surface area contributed by atoms with E-state index in [-0.39, 0.29) is 5.91 Å². The van der Waals surface area contributed by atoms with Crippen LogP contribution >= 0.6 is 11.6 Å². The van der Waals surface area contributed by atoms with Crippen molar-refractivity contribution in [2.75, 3.05) is 0 Å². The number of carbonyl (C=O) groups excluding carboxylic acids is 1. The maximum atomic E-state index is 12.6. The van der Waals surface area contributed by atoms with Crippen molar-refractivity contribution in [3.05, 3.63) is 34.9 Å². The number of halogens is 1. The number of nitrogens with zero attached hydrogens (tertiary/aromatic N) is 1. The van der Waals surface area contributed by atoms with E-state index in [0.29, 0.717) is 12.6 Å². The number of rotatable bonds is 4. The van der Waals surface area contributed by atoms with Crippen LogP contribution in [-0.4, -0.2) is 22.4 Å². The number of nitrogens with two attached hydrogens (primary N) is 1. The lowest BCUT2D eigenvalue weighted by Crippen LogP contribution is -2.59. The van der Waals surface area contributed by atoms with Crippen molar-refractivity contribution >= 4 is 17.5 Å². The lowest BCUT2D eigenvalue weighted by atomic mass is 9.76. The molecule has 0 aliphatic heterocycles. The van der Waals surface area contributed by atoms with Gasteiger partial charge in [0.15, 0.2) is 0 Å². The summed E-state index contributed by atoms with van der Waals surface area (Å²) in [6.45, 7) is 0.652. The van der Waals surface area contributed by atoms with Gasteiger partial charge in [-0.05, 0) is 49.8 Å². The smallest absolute Gasteiger partial charge is 0.243 e. The zero-order valence-electron chi connectivity index (χ0n) is 10.9. The molecule has 2 aliphatic rings. The molecule has 0 saturated heterocycles. The fraction of sp³-hybridized carbons (Fsp3) is 0.533. The summed E-state index contributed by atoms with van der Waals surface area (Å²) in [4.78, 5) is 14.5. The van der Waals surface area contributed by atoms with Gasteiger partial charge in [-0.3, -0.25) is 4.79 Å². The van der Waals surface area contributed by atoms with Crippen LogP contribution in [0.25, 0.3) is 0 Å². The highest BCUT2D eigenvalue weighted by atomic mass is 35.5. The lowest BCUT2D eigenvalue weighted by molar-refractivity contribution is -0.141. The predicted octanol–water partition coefficient (Wildman–Crippen LogP) is 2.71. The van der Waals surface area contributed by atoms with Crippen molar-refractivity contribution in [2.24, 2.45) is 5.73 Å². The van der Waals surface area contributed by atoms with Crippen molar-refractivity contribution in [1.29, 1.82) is 0 Å². The first-order chi connectivity index (χ1) is 9.08. The van der Waals surface area contributed by atoms with Gasteiger partial charge < -0.3 is 10.6 Å². The minimum atomic E-state index is -0.588. The van der Waals surface area contributed by atoms with Gasteiger partial charge in [0.05, 0.1) is 5.54 Å². The Morgan fingerprint density at radius 3 is 2.42 bits per heavy atom. The summed E-state index contributed by atoms with van der Waals surface area (Å²) in [5, 5.41) is 0.724. The molecule has 3 rings (SSSR count). The molecular weight excluding hydrogens is 260 g/mol. The van der Waals surface area contributed by atoms with Crippen molar-refractivity contribution in [3.8, 4) is 0 Å². The normalized spacial score (nSPS) is 20.7. The van der Waals surface area contributed by atoms with Crippen molar-refractivity contribution in [2.45, 2.75) is 50.2 Å². The van der Waals surface area contributed by atoms with Gasteiger partial charge in [-0.1, -0.05) is 23.7 Å². The van der Waals surface area contributed by atoms with Gasteiger partial charge in [-0.15, -0.1) is 0 Å². The van der Waals surface area contributed by atoms with Crippen LogP contribution in [-0.2, 0) is 11.3 Å². The van der Waals surface area contributed by atoms with Crippen LogP contribution in [0.3, 0.4) is 0 Å². The molecule has 102 valence electrons. The van der Waals surface area contributed by atoms with Crippen LogP contribution in [0.5, 0.6) is 0 Å². The highest BCUT2D eigenvalue weighted by Crippen LogP contribution is 2.36. The van der Waals surface area contributed by atoms with Gasteiger partial charge >= 0.3 is 0 Å². The number of benzene rings is 1. The van der Waals surface area contributed by atoms with Crippen LogP contribution in [0.1, 0.15) is 37.7 Å². The summed E-state index contributed by atoms with van der Waals surface area (Å²) in [5.74, 6) is 0.135. The van der Waals surface area contributed by atoms with E-state index in [0.717, 1.165) is 42.7 Å². The third-order valence-electron chi connectivity index (χ3n) is 4.19. The first-order valence-electron chi connectivity index (χ1n) is 6.93. The highest BCUT2D eigenvalue weighted by Gasteiger charge is 2.46. The van der Waals surface area contributed by atoms with E-state index in [4.69, 9.17) is 17.3 Å². The zero-order valence-corrected chi connectivity index (χ0v) is 11.7. The van der Waals surface area contributed by atoms with Crippen LogP contribution < -0.4 is 5.73 Å². The minimum absolute atomic E-state index is 0.135. The van der Waals surface area contributed by atoms with Gasteiger partial charge in [-0.2, -0.15) is 0 Å². The Morgan fingerprint density at radius 1 is 1.32 bits per heavy atom. The Bertz CT molecular complexity index is 477. The summed E-state index contributed by atoms with van der Waals surface area (Å²) < 4.78 is 0. The van der Waals surface area contributed by atoms with E-state index in [1.165, 1.54) is 0 Å². The third kappa shape index (κ3) is 2.63. The largest absolute Gasteiger partial charge is 0.334 e. The molecular formula is C15H19ClN2O. The summed E-state index contributed by atoms with van der Waals surface area (Å²) in [6.07, 6.45) is 4.94. The van der Waals surface area contributed by atoms with Gasteiger partial charge in [0, 0.05) is 17.6 Å². The van der Waals surface area contributed by atoms with E-state index in [9.17, 15) is 4.79 Å². The monoisotopic (exact) mass is 278 g/mol. The molecule has 1 aromatic carbocycles. The molecule has 3 nitrogen and oxygen atoms in total. The number of amides is 1. The summed E-state index contributed by atoms with van der Waals surface area (Å²) in [5.41, 5.74) is 6.71. The summed E-state index contributed by atoms with van der Waals surface area (Å²) in [6, 6.07) is 8.09. The SMILES string of the molecule is NC1(C(=O)N(Cc2ccc(Cl)cc2)C2CC2)CCC1. The Kier molecular flexibility index (Phi) is 3.27. The standard InChI is InChI=1S/C15H19ClN2O/c16-12-4-2-11(3-5-12)10-18(13-6-7-13)14(19)15(17)8-1-9-15/h2-5,13H,1,6-10,17H2. The second kappa shape index (κ2) is 4.80. The van der Waals surface area contributed by atoms with E-state index in [1.54, 1.807) is 0 Å². The van der Waals surface area contributed by atoms with Crippen molar-refractivity contribution in [1.82, 2.24) is 4.90 Å². The van der Waals surface area contributed by atoms with E-state index in [1.807, 2.05) is 29.2 Å². The molecule has 0 spiro atoms. The third-order valence-corrected chi connectivity index (χ3v) is 4.44. The maximum absolute atomic E-state index is 12.6. The fourth-order valence-electron chi connectivity index (χ4n) is 2.60. The average molecular weight is 279 g/mol. The van der Waals surface area contributed by atoms with Gasteiger partial charge in [0.2, 0.25) is 5.91 Å². The van der Waals surface area contributed by atoms with Crippen LogP contribution in [0, 0.1) is 0 Å². The summed E-state index contributed by atoms with van der Waals surface area (Å²) >= 11 is 5.89. The molecule has 2 saturated carbocycles. The summed E-state index contributed by atoms with van der Waals surface area (Å²) in [7, 11) is 0. The van der Waals surface area contributed by atoms with E-state index < -0.39 is 5.54 Å². The molecule has 0 atom stereocenters.